The van der Waals surface area contributed by atoms with Gasteiger partial charge in [-0.05, 0) is 43.4 Å². The van der Waals surface area contributed by atoms with Crippen LogP contribution in [0.2, 0.25) is 0 Å². The lowest BCUT2D eigenvalue weighted by Crippen LogP contribution is -2.39. The Morgan fingerprint density at radius 2 is 1.80 bits per heavy atom. The van der Waals surface area contributed by atoms with Gasteiger partial charge >= 0.3 is 0 Å². The van der Waals surface area contributed by atoms with Crippen molar-refractivity contribution in [2.24, 2.45) is 0 Å². The largest absolute Gasteiger partial charge is 0.354 e. The molecule has 3 aromatic heterocycles. The molecule has 30 heavy (non-hydrogen) atoms. The Morgan fingerprint density at radius 1 is 1.03 bits per heavy atom. The monoisotopic (exact) mass is 401 g/mol. The Kier molecular flexibility index (Phi) is 4.74. The zero-order valence-electron chi connectivity index (χ0n) is 16.7. The number of carbonyl (C=O) groups excluding carboxylic acids is 1. The molecule has 1 amide bonds. The number of nitrogens with zero attached hydrogens (tertiary/aromatic N) is 4. The van der Waals surface area contributed by atoms with Crippen LogP contribution in [0.1, 0.15) is 32.6 Å². The van der Waals surface area contributed by atoms with E-state index in [1.165, 1.54) is 0 Å². The van der Waals surface area contributed by atoms with Crippen molar-refractivity contribution < 1.29 is 4.79 Å². The Balaban J connectivity index is 1.33. The molecule has 0 spiro atoms. The second-order valence-electron chi connectivity index (χ2n) is 7.81. The minimum Gasteiger partial charge on any atom is -0.354 e. The molecule has 1 aliphatic carbocycles. The summed E-state index contributed by atoms with van der Waals surface area (Å²) in [7, 11) is 0. The number of nitrogens with one attached hydrogen (secondary N) is 3. The Labute approximate surface area is 173 Å². The molecule has 152 valence electrons. The van der Waals surface area contributed by atoms with Crippen LogP contribution in [0.25, 0.3) is 33.2 Å². The van der Waals surface area contributed by atoms with Gasteiger partial charge in [0.25, 0.3) is 0 Å². The SMILES string of the molecule is CC(=O)N[C@H]1CC[C@H](Nc2ncc3c(-c4ccc5nccnc5c4)c[nH]c3n2)CC1. The number of amides is 1. The van der Waals surface area contributed by atoms with Crippen LogP contribution in [0.3, 0.4) is 0 Å². The van der Waals surface area contributed by atoms with Gasteiger partial charge in [-0.3, -0.25) is 14.8 Å². The van der Waals surface area contributed by atoms with Gasteiger partial charge in [0, 0.05) is 54.7 Å². The fourth-order valence-corrected chi connectivity index (χ4v) is 4.20. The molecular formula is C22H23N7O. The molecule has 0 unspecified atom stereocenters. The van der Waals surface area contributed by atoms with Gasteiger partial charge in [0.15, 0.2) is 0 Å². The zero-order chi connectivity index (χ0) is 20.5. The maximum atomic E-state index is 11.2. The molecule has 1 saturated carbocycles. The second-order valence-corrected chi connectivity index (χ2v) is 7.81. The van der Waals surface area contributed by atoms with Gasteiger partial charge in [-0.1, -0.05) is 6.07 Å². The van der Waals surface area contributed by atoms with E-state index in [0.717, 1.165) is 58.9 Å². The van der Waals surface area contributed by atoms with Crippen molar-refractivity contribution in [3.63, 3.8) is 0 Å². The molecule has 0 bridgehead atoms. The first-order valence-electron chi connectivity index (χ1n) is 10.2. The first-order valence-corrected chi connectivity index (χ1v) is 10.2. The summed E-state index contributed by atoms with van der Waals surface area (Å²) in [5, 5.41) is 7.43. The zero-order valence-corrected chi connectivity index (χ0v) is 16.7. The Morgan fingerprint density at radius 3 is 2.60 bits per heavy atom. The quantitative estimate of drug-likeness (QED) is 0.483. The number of fused-ring (bicyclic) bond motifs is 2. The van der Waals surface area contributed by atoms with Gasteiger partial charge in [0.1, 0.15) is 5.65 Å². The van der Waals surface area contributed by atoms with E-state index in [2.05, 4.69) is 35.6 Å². The summed E-state index contributed by atoms with van der Waals surface area (Å²) in [6, 6.07) is 6.65. The highest BCUT2D eigenvalue weighted by Crippen LogP contribution is 2.30. The van der Waals surface area contributed by atoms with Gasteiger partial charge < -0.3 is 15.6 Å². The minimum atomic E-state index is 0.0428. The third kappa shape index (κ3) is 3.68. The average molecular weight is 401 g/mol. The highest BCUT2D eigenvalue weighted by atomic mass is 16.1. The third-order valence-corrected chi connectivity index (χ3v) is 5.68. The highest BCUT2D eigenvalue weighted by Gasteiger charge is 2.22. The molecule has 8 heteroatoms. The van der Waals surface area contributed by atoms with Gasteiger partial charge in [-0.2, -0.15) is 4.98 Å². The normalized spacial score (nSPS) is 19.1. The number of aromatic amines is 1. The van der Waals surface area contributed by atoms with E-state index in [-0.39, 0.29) is 11.9 Å². The molecule has 1 fully saturated rings. The van der Waals surface area contributed by atoms with Crippen molar-refractivity contribution >= 4 is 33.9 Å². The summed E-state index contributed by atoms with van der Waals surface area (Å²) in [6.45, 7) is 1.57. The molecule has 1 aliphatic rings. The predicted octanol–water partition coefficient (Wildman–Crippen LogP) is 3.43. The average Bonchev–Trinajstić information content (AvgIpc) is 3.18. The van der Waals surface area contributed by atoms with E-state index >= 15 is 0 Å². The predicted molar refractivity (Wildman–Crippen MR) is 116 cm³/mol. The summed E-state index contributed by atoms with van der Waals surface area (Å²) in [5.74, 6) is 0.671. The number of hydrogen-bond acceptors (Lipinski definition) is 6. The third-order valence-electron chi connectivity index (χ3n) is 5.68. The van der Waals surface area contributed by atoms with Crippen LogP contribution >= 0.6 is 0 Å². The number of rotatable bonds is 4. The van der Waals surface area contributed by atoms with Crippen molar-refractivity contribution in [1.82, 2.24) is 30.2 Å². The molecule has 4 aromatic rings. The van der Waals surface area contributed by atoms with Crippen LogP contribution in [0.4, 0.5) is 5.95 Å². The van der Waals surface area contributed by atoms with E-state index < -0.39 is 0 Å². The number of H-pyrrole nitrogens is 1. The van der Waals surface area contributed by atoms with Crippen LogP contribution < -0.4 is 10.6 Å². The first-order chi connectivity index (χ1) is 14.7. The Hall–Kier alpha value is -3.55. The van der Waals surface area contributed by atoms with E-state index in [1.54, 1.807) is 19.3 Å². The van der Waals surface area contributed by atoms with E-state index in [4.69, 9.17) is 0 Å². The minimum absolute atomic E-state index is 0.0428. The molecule has 3 heterocycles. The second kappa shape index (κ2) is 7.70. The maximum absolute atomic E-state index is 11.2. The number of anilines is 1. The highest BCUT2D eigenvalue weighted by molar-refractivity contribution is 5.95. The van der Waals surface area contributed by atoms with Gasteiger partial charge in [-0.15, -0.1) is 0 Å². The summed E-state index contributed by atoms with van der Waals surface area (Å²) in [6.07, 6.45) is 11.1. The lowest BCUT2D eigenvalue weighted by molar-refractivity contribution is -0.119. The molecular weight excluding hydrogens is 378 g/mol. The molecule has 0 aliphatic heterocycles. The molecule has 0 saturated heterocycles. The summed E-state index contributed by atoms with van der Waals surface area (Å²) < 4.78 is 0. The van der Waals surface area contributed by atoms with Crippen LogP contribution in [-0.4, -0.2) is 42.9 Å². The number of aromatic nitrogens is 5. The van der Waals surface area contributed by atoms with Crippen molar-refractivity contribution in [3.05, 3.63) is 43.0 Å². The topological polar surface area (TPSA) is 108 Å². The lowest BCUT2D eigenvalue weighted by Gasteiger charge is -2.29. The molecule has 0 radical (unpaired) electrons. The van der Waals surface area contributed by atoms with E-state index in [0.29, 0.717) is 12.0 Å². The molecule has 5 rings (SSSR count). The molecule has 3 N–H and O–H groups in total. The lowest BCUT2D eigenvalue weighted by atomic mass is 9.91. The number of hydrogen-bond donors (Lipinski definition) is 3. The number of carbonyl (C=O) groups is 1. The molecule has 1 aromatic carbocycles. The summed E-state index contributed by atoms with van der Waals surface area (Å²) in [5.41, 5.74) is 4.62. The van der Waals surface area contributed by atoms with Crippen LogP contribution in [0.5, 0.6) is 0 Å². The van der Waals surface area contributed by atoms with Gasteiger partial charge in [0.2, 0.25) is 11.9 Å². The van der Waals surface area contributed by atoms with Crippen molar-refractivity contribution in [2.75, 3.05) is 5.32 Å². The van der Waals surface area contributed by atoms with Gasteiger partial charge in [-0.25, -0.2) is 4.98 Å². The van der Waals surface area contributed by atoms with Crippen LogP contribution in [-0.2, 0) is 4.79 Å². The first kappa shape index (κ1) is 18.5. The van der Waals surface area contributed by atoms with Crippen molar-refractivity contribution in [3.8, 4) is 11.1 Å². The molecule has 8 nitrogen and oxygen atoms in total. The maximum Gasteiger partial charge on any atom is 0.224 e. The number of benzene rings is 1. The molecule has 0 atom stereocenters. The van der Waals surface area contributed by atoms with Crippen LogP contribution in [0, 0.1) is 0 Å². The van der Waals surface area contributed by atoms with Crippen molar-refractivity contribution in [1.29, 1.82) is 0 Å². The smallest absolute Gasteiger partial charge is 0.224 e. The van der Waals surface area contributed by atoms with Crippen molar-refractivity contribution in [2.45, 2.75) is 44.7 Å². The standard InChI is InChI=1S/C22H23N7O/c1-13(30)27-15-3-5-16(6-4-15)28-22-26-12-18-17(11-25-21(18)29-22)14-2-7-19-20(10-14)24-9-8-23-19/h2,7-12,15-16H,3-6H2,1H3,(H,27,30)(H2,25,26,28,29)/t15-,16-. The van der Waals surface area contributed by atoms with E-state index in [9.17, 15) is 4.79 Å². The Bertz CT molecular complexity index is 1210. The van der Waals surface area contributed by atoms with Crippen LogP contribution in [0.15, 0.2) is 43.0 Å². The summed E-state index contributed by atoms with van der Waals surface area (Å²) >= 11 is 0. The fraction of sp³-hybridized carbons (Fsp3) is 0.318. The van der Waals surface area contributed by atoms with Gasteiger partial charge in [0.05, 0.1) is 11.0 Å². The summed E-state index contributed by atoms with van der Waals surface area (Å²) in [4.78, 5) is 32.4. The fourth-order valence-electron chi connectivity index (χ4n) is 4.20. The van der Waals surface area contributed by atoms with E-state index in [1.807, 2.05) is 30.6 Å².